The van der Waals surface area contributed by atoms with Gasteiger partial charge in [-0.2, -0.15) is 0 Å². The van der Waals surface area contributed by atoms with Gasteiger partial charge in [-0.1, -0.05) is 24.3 Å². The summed E-state index contributed by atoms with van der Waals surface area (Å²) in [5.41, 5.74) is 2.15. The molecule has 0 saturated carbocycles. The number of esters is 1. The monoisotopic (exact) mass is 332 g/mol. The van der Waals surface area contributed by atoms with Gasteiger partial charge in [0.2, 0.25) is 11.8 Å². The number of nitrogens with zero attached hydrogens (tertiary/aromatic N) is 2. The van der Waals surface area contributed by atoms with Crippen molar-refractivity contribution in [3.05, 3.63) is 35.4 Å². The third-order valence-electron chi connectivity index (χ3n) is 4.36. The minimum absolute atomic E-state index is 0.0635. The number of carbonyl (C=O) groups excluding carboxylic acids is 3. The van der Waals surface area contributed by atoms with Gasteiger partial charge in [0, 0.05) is 32.6 Å². The summed E-state index contributed by atoms with van der Waals surface area (Å²) in [5, 5.41) is 0. The van der Waals surface area contributed by atoms with E-state index < -0.39 is 0 Å². The molecule has 0 aliphatic carbocycles. The maximum Gasteiger partial charge on any atom is 0.306 e. The van der Waals surface area contributed by atoms with Gasteiger partial charge in [0.15, 0.2) is 0 Å². The second-order valence-corrected chi connectivity index (χ2v) is 5.94. The van der Waals surface area contributed by atoms with Crippen LogP contribution in [-0.4, -0.2) is 60.9 Å². The van der Waals surface area contributed by atoms with Crippen LogP contribution in [0.5, 0.6) is 0 Å². The highest BCUT2D eigenvalue weighted by Gasteiger charge is 2.24. The van der Waals surface area contributed by atoms with E-state index in [1.54, 1.807) is 9.80 Å². The Hall–Kier alpha value is -2.37. The summed E-state index contributed by atoms with van der Waals surface area (Å²) in [5.74, 6) is -0.354. The third-order valence-corrected chi connectivity index (χ3v) is 4.36. The molecular weight excluding hydrogens is 308 g/mol. The molecule has 2 rings (SSSR count). The molecule has 1 aromatic carbocycles. The Morgan fingerprint density at radius 2 is 1.54 bits per heavy atom. The molecule has 1 aromatic rings. The highest BCUT2D eigenvalue weighted by Crippen LogP contribution is 2.11. The predicted molar refractivity (Wildman–Crippen MR) is 89.3 cm³/mol. The van der Waals surface area contributed by atoms with E-state index in [-0.39, 0.29) is 30.6 Å². The molecule has 1 heterocycles. The first-order chi connectivity index (χ1) is 11.5. The lowest BCUT2D eigenvalue weighted by atomic mass is 10.1. The summed E-state index contributed by atoms with van der Waals surface area (Å²) in [6.45, 7) is 4.10. The van der Waals surface area contributed by atoms with Gasteiger partial charge < -0.3 is 14.5 Å². The third kappa shape index (κ3) is 4.81. The summed E-state index contributed by atoms with van der Waals surface area (Å²) in [6, 6.07) is 7.87. The van der Waals surface area contributed by atoms with E-state index in [2.05, 4.69) is 4.74 Å². The molecule has 0 atom stereocenters. The number of hydrogen-bond donors (Lipinski definition) is 0. The first-order valence-corrected chi connectivity index (χ1v) is 8.18. The fourth-order valence-electron chi connectivity index (χ4n) is 2.76. The van der Waals surface area contributed by atoms with E-state index in [4.69, 9.17) is 0 Å². The highest BCUT2D eigenvalue weighted by atomic mass is 16.5. The molecule has 6 nitrogen and oxygen atoms in total. The average Bonchev–Trinajstić information content (AvgIpc) is 2.61. The van der Waals surface area contributed by atoms with Crippen molar-refractivity contribution in [1.29, 1.82) is 0 Å². The Bertz CT molecular complexity index is 607. The van der Waals surface area contributed by atoms with Gasteiger partial charge in [-0.15, -0.1) is 0 Å². The zero-order valence-corrected chi connectivity index (χ0v) is 14.3. The van der Waals surface area contributed by atoms with Crippen LogP contribution in [0, 0.1) is 6.92 Å². The number of benzene rings is 1. The molecular formula is C18H24N2O4. The second kappa shape index (κ2) is 8.47. The van der Waals surface area contributed by atoms with Crippen LogP contribution >= 0.6 is 0 Å². The van der Waals surface area contributed by atoms with Crippen LogP contribution in [0.15, 0.2) is 24.3 Å². The smallest absolute Gasteiger partial charge is 0.306 e. The standard InChI is InChI=1S/C18H24N2O4/c1-14-5-3-4-6-15(14)13-17(22)20-11-9-19(10-12-20)16(21)7-8-18(23)24-2/h3-6H,7-13H2,1-2H3. The second-order valence-electron chi connectivity index (χ2n) is 5.94. The molecule has 2 amide bonds. The van der Waals surface area contributed by atoms with E-state index in [1.165, 1.54) is 7.11 Å². The van der Waals surface area contributed by atoms with Crippen LogP contribution in [-0.2, 0) is 25.5 Å². The van der Waals surface area contributed by atoms with Gasteiger partial charge in [0.25, 0.3) is 0 Å². The van der Waals surface area contributed by atoms with Crippen molar-refractivity contribution in [1.82, 2.24) is 9.80 Å². The molecule has 0 aromatic heterocycles. The molecule has 1 saturated heterocycles. The molecule has 0 bridgehead atoms. The quantitative estimate of drug-likeness (QED) is 0.759. The maximum atomic E-state index is 12.4. The fourth-order valence-corrected chi connectivity index (χ4v) is 2.76. The molecule has 1 fully saturated rings. The van der Waals surface area contributed by atoms with Gasteiger partial charge in [-0.25, -0.2) is 0 Å². The number of methoxy groups -OCH3 is 1. The van der Waals surface area contributed by atoms with Crippen molar-refractivity contribution in [3.63, 3.8) is 0 Å². The lowest BCUT2D eigenvalue weighted by molar-refractivity contribution is -0.144. The number of hydrogen-bond acceptors (Lipinski definition) is 4. The van der Waals surface area contributed by atoms with Gasteiger partial charge in [0.05, 0.1) is 20.0 Å². The molecule has 0 radical (unpaired) electrons. The lowest BCUT2D eigenvalue weighted by Crippen LogP contribution is -2.51. The Labute approximate surface area is 142 Å². The largest absolute Gasteiger partial charge is 0.469 e. The molecule has 130 valence electrons. The number of piperazine rings is 1. The SMILES string of the molecule is COC(=O)CCC(=O)N1CCN(C(=O)Cc2ccccc2C)CC1. The maximum absolute atomic E-state index is 12.4. The van der Waals surface area contributed by atoms with Gasteiger partial charge >= 0.3 is 5.97 Å². The Kier molecular flexibility index (Phi) is 6.35. The first kappa shape index (κ1) is 18.0. The number of carbonyl (C=O) groups is 3. The number of rotatable bonds is 5. The number of aryl methyl sites for hydroxylation is 1. The van der Waals surface area contributed by atoms with Crippen molar-refractivity contribution in [2.75, 3.05) is 33.3 Å². The zero-order valence-electron chi connectivity index (χ0n) is 14.3. The molecule has 6 heteroatoms. The number of amides is 2. The van der Waals surface area contributed by atoms with E-state index in [0.29, 0.717) is 32.6 Å². The van der Waals surface area contributed by atoms with Crippen LogP contribution in [0.1, 0.15) is 24.0 Å². The minimum atomic E-state index is -0.379. The molecule has 0 spiro atoms. The Morgan fingerprint density at radius 1 is 0.958 bits per heavy atom. The van der Waals surface area contributed by atoms with Gasteiger partial charge in [0.1, 0.15) is 0 Å². The van der Waals surface area contributed by atoms with E-state index in [0.717, 1.165) is 11.1 Å². The molecule has 0 N–H and O–H groups in total. The topological polar surface area (TPSA) is 66.9 Å². The van der Waals surface area contributed by atoms with Crippen LogP contribution in [0.2, 0.25) is 0 Å². The van der Waals surface area contributed by atoms with Crippen LogP contribution in [0.4, 0.5) is 0 Å². The molecule has 1 aliphatic rings. The first-order valence-electron chi connectivity index (χ1n) is 8.18. The van der Waals surface area contributed by atoms with Crippen LogP contribution in [0.3, 0.4) is 0 Å². The van der Waals surface area contributed by atoms with Crippen molar-refractivity contribution in [2.24, 2.45) is 0 Å². The van der Waals surface area contributed by atoms with E-state index in [1.807, 2.05) is 31.2 Å². The zero-order chi connectivity index (χ0) is 17.5. The summed E-state index contributed by atoms with van der Waals surface area (Å²) < 4.78 is 4.54. The number of ether oxygens (including phenoxy) is 1. The van der Waals surface area contributed by atoms with Crippen molar-refractivity contribution >= 4 is 17.8 Å². The van der Waals surface area contributed by atoms with E-state index in [9.17, 15) is 14.4 Å². The Balaban J connectivity index is 1.79. The van der Waals surface area contributed by atoms with Crippen molar-refractivity contribution in [3.8, 4) is 0 Å². The average molecular weight is 332 g/mol. The molecule has 1 aliphatic heterocycles. The van der Waals surface area contributed by atoms with Crippen LogP contribution in [0.25, 0.3) is 0 Å². The fraction of sp³-hybridized carbons (Fsp3) is 0.500. The van der Waals surface area contributed by atoms with Crippen LogP contribution < -0.4 is 0 Å². The predicted octanol–water partition coefficient (Wildman–Crippen LogP) is 1.16. The summed E-state index contributed by atoms with van der Waals surface area (Å²) in [7, 11) is 1.31. The minimum Gasteiger partial charge on any atom is -0.469 e. The van der Waals surface area contributed by atoms with Crippen molar-refractivity contribution < 1.29 is 19.1 Å². The highest BCUT2D eigenvalue weighted by molar-refractivity contribution is 5.82. The summed E-state index contributed by atoms with van der Waals surface area (Å²) >= 11 is 0. The molecule has 24 heavy (non-hydrogen) atoms. The van der Waals surface area contributed by atoms with E-state index >= 15 is 0 Å². The van der Waals surface area contributed by atoms with Gasteiger partial charge in [-0.3, -0.25) is 14.4 Å². The summed E-state index contributed by atoms with van der Waals surface area (Å²) in [4.78, 5) is 39.1. The van der Waals surface area contributed by atoms with Gasteiger partial charge in [-0.05, 0) is 18.1 Å². The Morgan fingerprint density at radius 3 is 2.12 bits per heavy atom. The lowest BCUT2D eigenvalue weighted by Gasteiger charge is -2.35. The normalized spacial score (nSPS) is 14.4. The van der Waals surface area contributed by atoms with Crippen molar-refractivity contribution in [2.45, 2.75) is 26.2 Å². The molecule has 0 unspecified atom stereocenters. The summed E-state index contributed by atoms with van der Waals surface area (Å²) in [6.07, 6.45) is 0.647.